The Labute approximate surface area is 192 Å². The predicted octanol–water partition coefficient (Wildman–Crippen LogP) is -0.356. The van der Waals surface area contributed by atoms with Crippen LogP contribution in [0, 0.1) is 0 Å². The van der Waals surface area contributed by atoms with Gasteiger partial charge in [0.1, 0.15) is 29.8 Å². The normalized spacial score (nSPS) is 20.6. The fourth-order valence-corrected chi connectivity index (χ4v) is 4.74. The number of thiocarbonyl (C=S) groups is 1. The van der Waals surface area contributed by atoms with Gasteiger partial charge in [0.15, 0.2) is 5.11 Å². The van der Waals surface area contributed by atoms with Crippen LogP contribution in [-0.4, -0.2) is 62.6 Å². The Balaban J connectivity index is 1.68. The molecule has 32 heavy (non-hydrogen) atoms. The van der Waals surface area contributed by atoms with Crippen LogP contribution >= 0.6 is 24.0 Å². The van der Waals surface area contributed by atoms with E-state index in [9.17, 15) is 24.3 Å². The number of amides is 2. The lowest BCUT2D eigenvalue weighted by Crippen LogP contribution is -2.71. The lowest BCUT2D eigenvalue weighted by atomic mass is 10.0. The second-order valence-corrected chi connectivity index (χ2v) is 8.57. The second kappa shape index (κ2) is 9.54. The minimum atomic E-state index is -1.31. The average molecular weight is 480 g/mol. The van der Waals surface area contributed by atoms with E-state index in [1.165, 1.54) is 18.7 Å². The van der Waals surface area contributed by atoms with E-state index in [2.05, 4.69) is 10.6 Å². The van der Waals surface area contributed by atoms with E-state index in [1.54, 1.807) is 24.3 Å². The zero-order valence-electron chi connectivity index (χ0n) is 16.9. The van der Waals surface area contributed by atoms with E-state index in [0.717, 1.165) is 4.90 Å². The van der Waals surface area contributed by atoms with E-state index in [4.69, 9.17) is 28.4 Å². The number of nitrogens with one attached hydrogen (secondary N) is 2. The molecule has 13 heteroatoms. The third-order valence-electron chi connectivity index (χ3n) is 4.82. The summed E-state index contributed by atoms with van der Waals surface area (Å²) in [5, 5.41) is 14.4. The summed E-state index contributed by atoms with van der Waals surface area (Å²) in [5.41, 5.74) is 12.7. The van der Waals surface area contributed by atoms with Gasteiger partial charge in [0.2, 0.25) is 5.91 Å². The topological polar surface area (TPSA) is 177 Å². The molecule has 170 valence electrons. The zero-order valence-corrected chi connectivity index (χ0v) is 18.5. The molecule has 0 radical (unpaired) electrons. The molecule has 1 saturated heterocycles. The third kappa shape index (κ3) is 4.84. The van der Waals surface area contributed by atoms with Gasteiger partial charge in [-0.25, -0.2) is 4.79 Å². The SMILES string of the molecule is CC(=O)OCC1=C(C(=O)O)N2C(=O)C(NC(=O)C(N)c3ccc(NC(N)=S)cc3)[C@@H]2SC1. The lowest BCUT2D eigenvalue weighted by molar-refractivity contribution is -0.151. The molecular weight excluding hydrogens is 458 g/mol. The molecular formula is C19H21N5O6S2. The minimum Gasteiger partial charge on any atom is -0.477 e. The van der Waals surface area contributed by atoms with Crippen LogP contribution in [0.1, 0.15) is 18.5 Å². The number of β-lactam (4-membered cyclic amide) rings is 1. The number of benzene rings is 1. The van der Waals surface area contributed by atoms with Gasteiger partial charge in [-0.2, -0.15) is 0 Å². The average Bonchev–Trinajstić information content (AvgIpc) is 2.74. The van der Waals surface area contributed by atoms with Crippen molar-refractivity contribution in [3.8, 4) is 0 Å². The number of carbonyl (C=O) groups excluding carboxylic acids is 3. The molecule has 11 nitrogen and oxygen atoms in total. The first kappa shape index (κ1) is 23.5. The molecule has 1 fully saturated rings. The second-order valence-electron chi connectivity index (χ2n) is 7.02. The molecule has 0 saturated carbocycles. The van der Waals surface area contributed by atoms with E-state index < -0.39 is 41.2 Å². The predicted molar refractivity (Wildman–Crippen MR) is 120 cm³/mol. The molecule has 0 bridgehead atoms. The molecule has 3 rings (SSSR count). The molecule has 2 aliphatic rings. The quantitative estimate of drug-likeness (QED) is 0.196. The Morgan fingerprint density at radius 3 is 2.56 bits per heavy atom. The molecule has 3 atom stereocenters. The standard InChI is InChI=1S/C19H21N5O6S2/c1-8(25)30-6-10-7-32-17-13(16(27)24(17)14(10)18(28)29)23-15(26)12(20)9-2-4-11(5-3-9)22-19(21)31/h2-5,12-13,17H,6-7,20H2,1H3,(H,23,26)(H,28,29)(H3,21,22,31)/t12?,13?,17-/m0/s1. The highest BCUT2D eigenvalue weighted by atomic mass is 32.2. The summed E-state index contributed by atoms with van der Waals surface area (Å²) >= 11 is 6.03. The number of nitrogens with two attached hydrogens (primary N) is 2. The molecule has 2 amide bonds. The van der Waals surface area contributed by atoms with Crippen molar-refractivity contribution in [2.45, 2.75) is 24.4 Å². The number of carboxylic acids is 1. The fraction of sp³-hybridized carbons (Fsp3) is 0.316. The summed E-state index contributed by atoms with van der Waals surface area (Å²) in [5.74, 6) is -2.78. The molecule has 0 aromatic heterocycles. The number of ether oxygens (including phenoxy) is 1. The summed E-state index contributed by atoms with van der Waals surface area (Å²) in [4.78, 5) is 49.2. The first-order valence-corrected chi connectivity index (χ1v) is 10.8. The molecule has 7 N–H and O–H groups in total. The molecule has 0 aliphatic carbocycles. The number of aliphatic carboxylic acids is 1. The van der Waals surface area contributed by atoms with Gasteiger partial charge in [0.05, 0.1) is 0 Å². The number of nitrogens with zero attached hydrogens (tertiary/aromatic N) is 1. The fourth-order valence-electron chi connectivity index (χ4n) is 3.29. The number of hydrogen-bond acceptors (Lipinski definition) is 8. The van der Waals surface area contributed by atoms with E-state index >= 15 is 0 Å². The zero-order chi connectivity index (χ0) is 23.6. The van der Waals surface area contributed by atoms with E-state index in [-0.39, 0.29) is 23.2 Å². The summed E-state index contributed by atoms with van der Waals surface area (Å²) in [6.45, 7) is 0.989. The van der Waals surface area contributed by atoms with Crippen molar-refractivity contribution >= 4 is 58.5 Å². The van der Waals surface area contributed by atoms with Crippen molar-refractivity contribution in [3.63, 3.8) is 0 Å². The summed E-state index contributed by atoms with van der Waals surface area (Å²) in [7, 11) is 0. The number of fused-ring (bicyclic) bond motifs is 1. The highest BCUT2D eigenvalue weighted by Crippen LogP contribution is 2.40. The number of carbonyl (C=O) groups is 4. The van der Waals surface area contributed by atoms with Crippen LogP contribution in [0.4, 0.5) is 5.69 Å². The van der Waals surface area contributed by atoms with E-state index in [1.807, 2.05) is 0 Å². The maximum absolute atomic E-state index is 12.7. The molecule has 1 aromatic carbocycles. The Hall–Kier alpha value is -3.16. The van der Waals surface area contributed by atoms with Gasteiger partial charge in [-0.05, 0) is 29.9 Å². The maximum atomic E-state index is 12.7. The minimum absolute atomic E-state index is 0.101. The van der Waals surface area contributed by atoms with E-state index in [0.29, 0.717) is 16.8 Å². The number of hydrogen-bond donors (Lipinski definition) is 5. The van der Waals surface area contributed by atoms with Gasteiger partial charge in [-0.15, -0.1) is 11.8 Å². The highest BCUT2D eigenvalue weighted by Gasteiger charge is 2.54. The number of thioether (sulfide) groups is 1. The number of anilines is 1. The van der Waals surface area contributed by atoms with Gasteiger partial charge < -0.3 is 31.9 Å². The van der Waals surface area contributed by atoms with Crippen molar-refractivity contribution in [3.05, 3.63) is 41.1 Å². The Kier molecular flexibility index (Phi) is 7.01. The summed E-state index contributed by atoms with van der Waals surface area (Å²) in [6.07, 6.45) is 0. The largest absolute Gasteiger partial charge is 0.477 e. The van der Waals surface area contributed by atoms with Gasteiger partial charge in [0.25, 0.3) is 5.91 Å². The molecule has 0 spiro atoms. The van der Waals surface area contributed by atoms with Crippen molar-refractivity contribution in [2.24, 2.45) is 11.5 Å². The highest BCUT2D eigenvalue weighted by molar-refractivity contribution is 8.00. The number of carboxylic acid groups (broad SMARTS) is 1. The number of esters is 1. The van der Waals surface area contributed by atoms with Gasteiger partial charge >= 0.3 is 11.9 Å². The molecule has 2 unspecified atom stereocenters. The van der Waals surface area contributed by atoms with Crippen molar-refractivity contribution in [1.29, 1.82) is 0 Å². The third-order valence-corrected chi connectivity index (χ3v) is 6.26. The molecule has 2 heterocycles. The van der Waals surface area contributed by atoms with Gasteiger partial charge in [-0.3, -0.25) is 19.3 Å². The molecule has 2 aliphatic heterocycles. The van der Waals surface area contributed by atoms with Crippen LogP contribution < -0.4 is 22.1 Å². The van der Waals surface area contributed by atoms with Crippen LogP contribution in [0.15, 0.2) is 35.5 Å². The summed E-state index contributed by atoms with van der Waals surface area (Å²) in [6, 6.07) is 4.60. The van der Waals surface area contributed by atoms with Crippen molar-refractivity contribution in [2.75, 3.05) is 17.7 Å². The van der Waals surface area contributed by atoms with Crippen molar-refractivity contribution in [1.82, 2.24) is 10.2 Å². The number of rotatable bonds is 7. The lowest BCUT2D eigenvalue weighted by Gasteiger charge is -2.49. The first-order valence-electron chi connectivity index (χ1n) is 9.36. The van der Waals surface area contributed by atoms with Crippen LogP contribution in [-0.2, 0) is 23.9 Å². The Bertz CT molecular complexity index is 1010. The van der Waals surface area contributed by atoms with Crippen LogP contribution in [0.5, 0.6) is 0 Å². The molecule has 1 aromatic rings. The Morgan fingerprint density at radius 1 is 1.34 bits per heavy atom. The van der Waals surface area contributed by atoms with Gasteiger partial charge in [-0.1, -0.05) is 12.1 Å². The van der Waals surface area contributed by atoms with Crippen LogP contribution in [0.2, 0.25) is 0 Å². The summed E-state index contributed by atoms with van der Waals surface area (Å²) < 4.78 is 4.89. The maximum Gasteiger partial charge on any atom is 0.352 e. The van der Waals surface area contributed by atoms with Crippen molar-refractivity contribution < 1.29 is 29.0 Å². The van der Waals surface area contributed by atoms with Gasteiger partial charge in [0, 0.05) is 23.9 Å². The monoisotopic (exact) mass is 479 g/mol. The Morgan fingerprint density at radius 2 is 2.00 bits per heavy atom. The smallest absolute Gasteiger partial charge is 0.352 e. The first-order chi connectivity index (χ1) is 15.1. The van der Waals surface area contributed by atoms with Crippen LogP contribution in [0.25, 0.3) is 0 Å². The van der Waals surface area contributed by atoms with Crippen LogP contribution in [0.3, 0.4) is 0 Å².